The van der Waals surface area contributed by atoms with Gasteiger partial charge in [-0.05, 0) is 19.1 Å². The zero-order valence-electron chi connectivity index (χ0n) is 10.3. The molecule has 0 saturated carbocycles. The monoisotopic (exact) mass is 280 g/mol. The van der Waals surface area contributed by atoms with Crippen molar-refractivity contribution >= 4 is 17.6 Å². The van der Waals surface area contributed by atoms with Crippen molar-refractivity contribution in [3.8, 4) is 5.75 Å². The number of aromatic carboxylic acids is 1. The normalized spacial score (nSPS) is 10.4. The molecule has 0 bridgehead atoms. The van der Waals surface area contributed by atoms with Crippen LogP contribution in [-0.2, 0) is 6.54 Å². The van der Waals surface area contributed by atoms with E-state index in [1.807, 2.05) is 17.7 Å². The van der Waals surface area contributed by atoms with E-state index in [-0.39, 0.29) is 11.3 Å². The Morgan fingerprint density at radius 3 is 2.95 bits per heavy atom. The van der Waals surface area contributed by atoms with E-state index in [1.165, 1.54) is 6.07 Å². The van der Waals surface area contributed by atoms with E-state index in [9.17, 15) is 4.79 Å². The van der Waals surface area contributed by atoms with E-state index in [1.54, 1.807) is 18.3 Å². The first-order valence-corrected chi connectivity index (χ1v) is 6.09. The number of ether oxygens (including phenoxy) is 1. The molecule has 6 heteroatoms. The lowest BCUT2D eigenvalue weighted by molar-refractivity contribution is 0.0692. The average molecular weight is 281 g/mol. The van der Waals surface area contributed by atoms with Gasteiger partial charge >= 0.3 is 5.97 Å². The Morgan fingerprint density at radius 1 is 1.53 bits per heavy atom. The first kappa shape index (κ1) is 13.4. The first-order valence-electron chi connectivity index (χ1n) is 5.72. The summed E-state index contributed by atoms with van der Waals surface area (Å²) in [6.07, 6.45) is 3.54. The molecule has 1 aromatic carbocycles. The number of halogens is 1. The van der Waals surface area contributed by atoms with Gasteiger partial charge in [-0.1, -0.05) is 17.7 Å². The summed E-state index contributed by atoms with van der Waals surface area (Å²) in [6.45, 7) is 2.79. The highest BCUT2D eigenvalue weighted by molar-refractivity contribution is 6.32. The Bertz CT molecular complexity index is 595. The molecule has 0 fully saturated rings. The fourth-order valence-electron chi connectivity index (χ4n) is 1.71. The van der Waals surface area contributed by atoms with Gasteiger partial charge in [-0.2, -0.15) is 0 Å². The van der Waals surface area contributed by atoms with Crippen molar-refractivity contribution in [2.75, 3.05) is 6.61 Å². The molecule has 0 aliphatic heterocycles. The van der Waals surface area contributed by atoms with Crippen molar-refractivity contribution in [2.24, 2.45) is 0 Å². The third-order valence-electron chi connectivity index (χ3n) is 2.70. The lowest BCUT2D eigenvalue weighted by Gasteiger charge is -2.11. The van der Waals surface area contributed by atoms with E-state index in [0.717, 1.165) is 5.82 Å². The summed E-state index contributed by atoms with van der Waals surface area (Å²) >= 11 is 5.96. The second-order valence-electron chi connectivity index (χ2n) is 3.94. The van der Waals surface area contributed by atoms with Crippen LogP contribution >= 0.6 is 11.6 Å². The summed E-state index contributed by atoms with van der Waals surface area (Å²) in [7, 11) is 0. The minimum Gasteiger partial charge on any atom is -0.489 e. The minimum absolute atomic E-state index is 0.0647. The van der Waals surface area contributed by atoms with Crippen LogP contribution in [0.4, 0.5) is 0 Å². The van der Waals surface area contributed by atoms with E-state index >= 15 is 0 Å². The fourth-order valence-corrected chi connectivity index (χ4v) is 1.94. The van der Waals surface area contributed by atoms with Gasteiger partial charge in [0.2, 0.25) is 0 Å². The van der Waals surface area contributed by atoms with Crippen LogP contribution in [0.25, 0.3) is 0 Å². The Hall–Kier alpha value is -2.01. The molecule has 0 aliphatic rings. The molecule has 0 saturated heterocycles. The molecular formula is C13H13ClN2O3. The van der Waals surface area contributed by atoms with Crippen molar-refractivity contribution in [3.05, 3.63) is 47.0 Å². The number of carboxylic acid groups (broad SMARTS) is 1. The third-order valence-corrected chi connectivity index (χ3v) is 3.00. The summed E-state index contributed by atoms with van der Waals surface area (Å²) < 4.78 is 7.41. The second kappa shape index (κ2) is 5.75. The van der Waals surface area contributed by atoms with Gasteiger partial charge in [0.1, 0.15) is 18.0 Å². The quantitative estimate of drug-likeness (QED) is 0.914. The smallest absolute Gasteiger partial charge is 0.339 e. The molecule has 0 aliphatic carbocycles. The predicted octanol–water partition coefficient (Wildman–Crippen LogP) is 2.62. The number of rotatable bonds is 5. The second-order valence-corrected chi connectivity index (χ2v) is 4.35. The third kappa shape index (κ3) is 3.06. The summed E-state index contributed by atoms with van der Waals surface area (Å²) in [6, 6.07) is 4.65. The maximum absolute atomic E-state index is 11.1. The minimum atomic E-state index is -1.06. The van der Waals surface area contributed by atoms with Gasteiger partial charge in [0.15, 0.2) is 5.75 Å². The summed E-state index contributed by atoms with van der Waals surface area (Å²) in [4.78, 5) is 15.2. The van der Waals surface area contributed by atoms with Crippen LogP contribution in [-0.4, -0.2) is 27.2 Å². The number of para-hydroxylation sites is 1. The maximum atomic E-state index is 11.1. The molecule has 0 spiro atoms. The van der Waals surface area contributed by atoms with E-state index < -0.39 is 5.97 Å². The highest BCUT2D eigenvalue weighted by atomic mass is 35.5. The largest absolute Gasteiger partial charge is 0.489 e. The molecule has 5 nitrogen and oxygen atoms in total. The Kier molecular flexibility index (Phi) is 4.06. The molecule has 100 valence electrons. The fraction of sp³-hybridized carbons (Fsp3) is 0.231. The van der Waals surface area contributed by atoms with E-state index in [2.05, 4.69) is 4.98 Å². The van der Waals surface area contributed by atoms with Crippen LogP contribution in [0.5, 0.6) is 5.75 Å². The first-order chi connectivity index (χ1) is 9.09. The van der Waals surface area contributed by atoms with Crippen LogP contribution < -0.4 is 4.74 Å². The lowest BCUT2D eigenvalue weighted by Crippen LogP contribution is -2.11. The SMILES string of the molecule is Cc1nccn1CCOc1c(Cl)cccc1C(=O)O. The number of nitrogens with zero attached hydrogens (tertiary/aromatic N) is 2. The number of hydrogen-bond acceptors (Lipinski definition) is 3. The molecule has 0 unspecified atom stereocenters. The number of carboxylic acids is 1. The number of benzene rings is 1. The van der Waals surface area contributed by atoms with Crippen molar-refractivity contribution < 1.29 is 14.6 Å². The van der Waals surface area contributed by atoms with Crippen LogP contribution in [0.15, 0.2) is 30.6 Å². The number of imidazole rings is 1. The zero-order chi connectivity index (χ0) is 13.8. The van der Waals surface area contributed by atoms with Gasteiger partial charge in [0.25, 0.3) is 0 Å². The van der Waals surface area contributed by atoms with Gasteiger partial charge in [0.05, 0.1) is 11.6 Å². The van der Waals surface area contributed by atoms with Gasteiger partial charge < -0.3 is 14.4 Å². The topological polar surface area (TPSA) is 64.4 Å². The van der Waals surface area contributed by atoms with E-state index in [4.69, 9.17) is 21.4 Å². The molecule has 0 radical (unpaired) electrons. The highest BCUT2D eigenvalue weighted by Gasteiger charge is 2.14. The summed E-state index contributed by atoms with van der Waals surface area (Å²) in [5.41, 5.74) is 0.0647. The van der Waals surface area contributed by atoms with Crippen molar-refractivity contribution in [3.63, 3.8) is 0 Å². The van der Waals surface area contributed by atoms with Crippen LogP contribution in [0.1, 0.15) is 16.2 Å². The van der Waals surface area contributed by atoms with Crippen molar-refractivity contribution in [1.82, 2.24) is 9.55 Å². The molecule has 1 aromatic heterocycles. The molecule has 0 amide bonds. The number of aromatic nitrogens is 2. The predicted molar refractivity (Wildman–Crippen MR) is 70.9 cm³/mol. The average Bonchev–Trinajstić information content (AvgIpc) is 2.77. The number of carbonyl (C=O) groups is 1. The molecule has 2 rings (SSSR count). The summed E-state index contributed by atoms with van der Waals surface area (Å²) in [5, 5.41) is 9.36. The van der Waals surface area contributed by atoms with Crippen molar-refractivity contribution in [2.45, 2.75) is 13.5 Å². The van der Waals surface area contributed by atoms with Crippen molar-refractivity contribution in [1.29, 1.82) is 0 Å². The Morgan fingerprint density at radius 2 is 2.32 bits per heavy atom. The number of hydrogen-bond donors (Lipinski definition) is 1. The molecule has 19 heavy (non-hydrogen) atoms. The van der Waals surface area contributed by atoms with E-state index in [0.29, 0.717) is 18.2 Å². The Balaban J connectivity index is 2.07. The molecule has 0 atom stereocenters. The van der Waals surface area contributed by atoms with Gasteiger partial charge in [-0.3, -0.25) is 0 Å². The van der Waals surface area contributed by atoms with Crippen LogP contribution in [0, 0.1) is 6.92 Å². The van der Waals surface area contributed by atoms with Crippen LogP contribution in [0.2, 0.25) is 5.02 Å². The van der Waals surface area contributed by atoms with Gasteiger partial charge in [0, 0.05) is 12.4 Å². The lowest BCUT2D eigenvalue weighted by atomic mass is 10.2. The number of aryl methyl sites for hydroxylation is 1. The Labute approximate surface area is 115 Å². The maximum Gasteiger partial charge on any atom is 0.339 e. The highest BCUT2D eigenvalue weighted by Crippen LogP contribution is 2.28. The van der Waals surface area contributed by atoms with Gasteiger partial charge in [-0.25, -0.2) is 9.78 Å². The molecule has 2 aromatic rings. The summed E-state index contributed by atoms with van der Waals surface area (Å²) in [5.74, 6) is 0.0203. The standard InChI is InChI=1S/C13H13ClN2O3/c1-9-15-5-6-16(9)7-8-19-12-10(13(17)18)3-2-4-11(12)14/h2-6H,7-8H2,1H3,(H,17,18). The zero-order valence-corrected chi connectivity index (χ0v) is 11.1. The molecule has 1 heterocycles. The molecule has 1 N–H and O–H groups in total. The van der Waals surface area contributed by atoms with Crippen LogP contribution in [0.3, 0.4) is 0 Å². The van der Waals surface area contributed by atoms with Gasteiger partial charge in [-0.15, -0.1) is 0 Å². The molecular weight excluding hydrogens is 268 g/mol.